The summed E-state index contributed by atoms with van der Waals surface area (Å²) in [6, 6.07) is 22.1. The first-order chi connectivity index (χ1) is 11.4. The summed E-state index contributed by atoms with van der Waals surface area (Å²) >= 11 is 0. The van der Waals surface area contributed by atoms with Crippen LogP contribution in [-0.4, -0.2) is 9.97 Å². The lowest BCUT2D eigenvalue weighted by Gasteiger charge is -2.02. The van der Waals surface area contributed by atoms with Crippen molar-refractivity contribution >= 4 is 32.8 Å². The van der Waals surface area contributed by atoms with Crippen molar-refractivity contribution in [2.45, 2.75) is 0 Å². The second kappa shape index (κ2) is 4.65. The number of hydrogen-bond acceptors (Lipinski definition) is 3. The maximum atomic E-state index is 5.93. The lowest BCUT2D eigenvalue weighted by molar-refractivity contribution is 0.668. The zero-order valence-corrected chi connectivity index (χ0v) is 12.2. The standard InChI is InChI=1S/C20H12N2O/c1-3-7-16-13(5-1)9-10-17(22-16)18-11-20-15(12-21-18)14-6-2-4-8-19(14)23-20/h1-12H. The molecule has 0 atom stereocenters. The van der Waals surface area contributed by atoms with E-state index >= 15 is 0 Å². The van der Waals surface area contributed by atoms with Gasteiger partial charge >= 0.3 is 0 Å². The lowest BCUT2D eigenvalue weighted by atomic mass is 10.1. The molecule has 3 nitrogen and oxygen atoms in total. The number of aromatic nitrogens is 2. The van der Waals surface area contributed by atoms with Gasteiger partial charge in [-0.15, -0.1) is 0 Å². The average Bonchev–Trinajstić information content (AvgIpc) is 2.99. The van der Waals surface area contributed by atoms with Crippen molar-refractivity contribution < 1.29 is 4.42 Å². The van der Waals surface area contributed by atoms with Gasteiger partial charge in [-0.25, -0.2) is 4.98 Å². The summed E-state index contributed by atoms with van der Waals surface area (Å²) in [6.07, 6.45) is 1.87. The summed E-state index contributed by atoms with van der Waals surface area (Å²) in [5, 5.41) is 3.25. The van der Waals surface area contributed by atoms with Gasteiger partial charge in [0, 0.05) is 28.4 Å². The molecule has 0 aliphatic rings. The molecule has 3 heterocycles. The number of benzene rings is 2. The van der Waals surface area contributed by atoms with E-state index in [1.807, 2.05) is 54.7 Å². The van der Waals surface area contributed by atoms with Crippen molar-refractivity contribution in [1.82, 2.24) is 9.97 Å². The summed E-state index contributed by atoms with van der Waals surface area (Å²) in [6.45, 7) is 0. The Bertz CT molecular complexity index is 1170. The molecule has 0 fully saturated rings. The Kier molecular flexibility index (Phi) is 2.50. The normalized spacial score (nSPS) is 11.5. The van der Waals surface area contributed by atoms with E-state index in [9.17, 15) is 0 Å². The van der Waals surface area contributed by atoms with Gasteiger partial charge in [0.25, 0.3) is 0 Å². The highest BCUT2D eigenvalue weighted by molar-refractivity contribution is 6.05. The third-order valence-corrected chi connectivity index (χ3v) is 4.12. The Labute approximate surface area is 132 Å². The fraction of sp³-hybridized carbons (Fsp3) is 0. The molecular weight excluding hydrogens is 284 g/mol. The van der Waals surface area contributed by atoms with E-state index in [4.69, 9.17) is 9.40 Å². The average molecular weight is 296 g/mol. The van der Waals surface area contributed by atoms with E-state index in [0.29, 0.717) is 0 Å². The van der Waals surface area contributed by atoms with Crippen LogP contribution in [0.3, 0.4) is 0 Å². The minimum atomic E-state index is 0.822. The molecule has 0 saturated carbocycles. The van der Waals surface area contributed by atoms with Gasteiger partial charge in [-0.05, 0) is 18.2 Å². The Hall–Kier alpha value is -3.20. The Balaban J connectivity index is 1.73. The van der Waals surface area contributed by atoms with Crippen molar-refractivity contribution in [2.24, 2.45) is 0 Å². The molecule has 3 aromatic heterocycles. The first kappa shape index (κ1) is 12.4. The van der Waals surface area contributed by atoms with Crippen LogP contribution in [0.5, 0.6) is 0 Å². The molecule has 0 spiro atoms. The highest BCUT2D eigenvalue weighted by Gasteiger charge is 2.09. The molecule has 0 radical (unpaired) electrons. The molecule has 3 heteroatoms. The zero-order valence-electron chi connectivity index (χ0n) is 12.2. The minimum Gasteiger partial charge on any atom is -0.456 e. The van der Waals surface area contributed by atoms with E-state index in [0.717, 1.165) is 44.2 Å². The van der Waals surface area contributed by atoms with E-state index in [2.05, 4.69) is 23.2 Å². The second-order valence-electron chi connectivity index (χ2n) is 5.55. The molecule has 5 rings (SSSR count). The zero-order chi connectivity index (χ0) is 15.2. The number of pyridine rings is 2. The number of hydrogen-bond donors (Lipinski definition) is 0. The molecule has 0 aliphatic heterocycles. The van der Waals surface area contributed by atoms with Crippen LogP contribution >= 0.6 is 0 Å². The topological polar surface area (TPSA) is 38.9 Å². The highest BCUT2D eigenvalue weighted by Crippen LogP contribution is 2.30. The van der Waals surface area contributed by atoms with Gasteiger partial charge in [0.1, 0.15) is 11.2 Å². The van der Waals surface area contributed by atoms with Crippen LogP contribution in [0.4, 0.5) is 0 Å². The summed E-state index contributed by atoms with van der Waals surface area (Å²) in [5.74, 6) is 0. The van der Waals surface area contributed by atoms with Gasteiger partial charge in [0.2, 0.25) is 0 Å². The molecular formula is C20H12N2O. The smallest absolute Gasteiger partial charge is 0.139 e. The van der Waals surface area contributed by atoms with Crippen molar-refractivity contribution in [3.8, 4) is 11.4 Å². The minimum absolute atomic E-state index is 0.822. The van der Waals surface area contributed by atoms with Crippen molar-refractivity contribution in [2.75, 3.05) is 0 Å². The molecule has 0 N–H and O–H groups in total. The first-order valence-electron chi connectivity index (χ1n) is 7.52. The molecule has 0 amide bonds. The Morgan fingerprint density at radius 2 is 1.57 bits per heavy atom. The van der Waals surface area contributed by atoms with Crippen LogP contribution in [0.25, 0.3) is 44.2 Å². The van der Waals surface area contributed by atoms with Crippen molar-refractivity contribution in [3.05, 3.63) is 72.9 Å². The fourth-order valence-electron chi connectivity index (χ4n) is 2.97. The summed E-state index contributed by atoms with van der Waals surface area (Å²) in [4.78, 5) is 9.29. The Morgan fingerprint density at radius 1 is 0.696 bits per heavy atom. The summed E-state index contributed by atoms with van der Waals surface area (Å²) in [5.41, 5.74) is 4.36. The van der Waals surface area contributed by atoms with Gasteiger partial charge in [-0.1, -0.05) is 42.5 Å². The van der Waals surface area contributed by atoms with Gasteiger partial charge in [0.05, 0.1) is 16.9 Å². The van der Waals surface area contributed by atoms with Crippen molar-refractivity contribution in [3.63, 3.8) is 0 Å². The monoisotopic (exact) mass is 296 g/mol. The first-order valence-corrected chi connectivity index (χ1v) is 7.52. The number of fused-ring (bicyclic) bond motifs is 4. The van der Waals surface area contributed by atoms with Crippen LogP contribution in [0.15, 0.2) is 77.3 Å². The molecule has 0 bridgehead atoms. The third kappa shape index (κ3) is 1.90. The molecule has 108 valence electrons. The van der Waals surface area contributed by atoms with Gasteiger partial charge in [0.15, 0.2) is 0 Å². The van der Waals surface area contributed by atoms with Gasteiger partial charge in [-0.2, -0.15) is 0 Å². The largest absolute Gasteiger partial charge is 0.456 e. The van der Waals surface area contributed by atoms with Crippen molar-refractivity contribution in [1.29, 1.82) is 0 Å². The van der Waals surface area contributed by atoms with Crippen LogP contribution in [0.2, 0.25) is 0 Å². The molecule has 0 aliphatic carbocycles. The number of furan rings is 1. The Morgan fingerprint density at radius 3 is 2.57 bits per heavy atom. The van der Waals surface area contributed by atoms with Crippen LogP contribution in [0.1, 0.15) is 0 Å². The van der Waals surface area contributed by atoms with Crippen LogP contribution in [-0.2, 0) is 0 Å². The summed E-state index contributed by atoms with van der Waals surface area (Å²) in [7, 11) is 0. The highest BCUT2D eigenvalue weighted by atomic mass is 16.3. The lowest BCUT2D eigenvalue weighted by Crippen LogP contribution is -1.88. The van der Waals surface area contributed by atoms with E-state index in [1.54, 1.807) is 0 Å². The third-order valence-electron chi connectivity index (χ3n) is 4.12. The van der Waals surface area contributed by atoms with Crippen LogP contribution < -0.4 is 0 Å². The maximum Gasteiger partial charge on any atom is 0.139 e. The molecule has 0 unspecified atom stereocenters. The predicted octanol–water partition coefficient (Wildman–Crippen LogP) is 5.20. The maximum absolute atomic E-state index is 5.93. The SMILES string of the molecule is c1ccc2nc(-c3cc4oc5ccccc5c4cn3)ccc2c1. The molecule has 0 saturated heterocycles. The molecule has 2 aromatic carbocycles. The fourth-order valence-corrected chi connectivity index (χ4v) is 2.97. The van der Waals surface area contributed by atoms with Gasteiger partial charge < -0.3 is 4.42 Å². The van der Waals surface area contributed by atoms with E-state index < -0.39 is 0 Å². The van der Waals surface area contributed by atoms with Crippen LogP contribution in [0, 0.1) is 0 Å². The molecule has 5 aromatic rings. The van der Waals surface area contributed by atoms with E-state index in [1.165, 1.54) is 0 Å². The second-order valence-corrected chi connectivity index (χ2v) is 5.55. The molecule has 23 heavy (non-hydrogen) atoms. The number of para-hydroxylation sites is 2. The quantitative estimate of drug-likeness (QED) is 0.427. The summed E-state index contributed by atoms with van der Waals surface area (Å²) < 4.78 is 5.93. The van der Waals surface area contributed by atoms with E-state index in [-0.39, 0.29) is 0 Å². The number of rotatable bonds is 1. The predicted molar refractivity (Wildman–Crippen MR) is 92.3 cm³/mol. The van der Waals surface area contributed by atoms with Gasteiger partial charge in [-0.3, -0.25) is 4.98 Å². The number of nitrogens with zero attached hydrogens (tertiary/aromatic N) is 2.